The number of H-pyrrole nitrogens is 1. The van der Waals surface area contributed by atoms with E-state index in [1.807, 2.05) is 13.8 Å². The Balaban J connectivity index is 2.31. The first-order valence-electron chi connectivity index (χ1n) is 6.78. The zero-order valence-electron chi connectivity index (χ0n) is 12.0. The molecular formula is C16H17FN2O2. The van der Waals surface area contributed by atoms with Crippen molar-refractivity contribution in [2.24, 2.45) is 0 Å². The van der Waals surface area contributed by atoms with Crippen molar-refractivity contribution in [1.82, 2.24) is 9.88 Å². The minimum absolute atomic E-state index is 0.105. The first-order valence-corrected chi connectivity index (χ1v) is 6.78. The number of carbonyl (C=O) groups excluding carboxylic acids is 1. The number of halogens is 1. The van der Waals surface area contributed by atoms with Gasteiger partial charge in [0.15, 0.2) is 5.43 Å². The van der Waals surface area contributed by atoms with Gasteiger partial charge < -0.3 is 9.88 Å². The van der Waals surface area contributed by atoms with E-state index in [4.69, 9.17) is 0 Å². The fourth-order valence-electron chi connectivity index (χ4n) is 2.25. The molecule has 1 atom stereocenters. The maximum atomic E-state index is 13.0. The molecule has 0 aliphatic rings. The summed E-state index contributed by atoms with van der Waals surface area (Å²) >= 11 is 0. The fourth-order valence-corrected chi connectivity index (χ4v) is 2.25. The fraction of sp³-hybridized carbons (Fsp3) is 0.250. The van der Waals surface area contributed by atoms with Crippen molar-refractivity contribution >= 4 is 5.91 Å². The molecule has 1 heterocycles. The van der Waals surface area contributed by atoms with Crippen LogP contribution in [0.15, 0.2) is 47.5 Å². The number of nitrogens with one attached hydrogen (secondary N) is 1. The molecule has 5 heteroatoms. The van der Waals surface area contributed by atoms with Crippen LogP contribution in [0.5, 0.6) is 0 Å². The van der Waals surface area contributed by atoms with E-state index in [1.165, 1.54) is 30.6 Å². The highest BCUT2D eigenvalue weighted by molar-refractivity contribution is 5.94. The Kier molecular flexibility index (Phi) is 4.52. The van der Waals surface area contributed by atoms with Gasteiger partial charge in [-0.2, -0.15) is 0 Å². The molecule has 0 aliphatic heterocycles. The number of nitrogens with zero attached hydrogens (tertiary/aromatic N) is 1. The van der Waals surface area contributed by atoms with Crippen LogP contribution in [0.25, 0.3) is 0 Å². The maximum Gasteiger partial charge on any atom is 0.259 e. The van der Waals surface area contributed by atoms with Gasteiger partial charge in [0.1, 0.15) is 11.4 Å². The Morgan fingerprint density at radius 1 is 1.29 bits per heavy atom. The maximum absolute atomic E-state index is 13.0. The van der Waals surface area contributed by atoms with E-state index in [0.29, 0.717) is 6.54 Å². The third-order valence-corrected chi connectivity index (χ3v) is 3.48. The lowest BCUT2D eigenvalue weighted by molar-refractivity contribution is 0.0700. The lowest BCUT2D eigenvalue weighted by Gasteiger charge is -2.28. The van der Waals surface area contributed by atoms with Gasteiger partial charge in [-0.1, -0.05) is 12.1 Å². The molecule has 4 nitrogen and oxygen atoms in total. The second kappa shape index (κ2) is 6.35. The molecule has 0 spiro atoms. The highest BCUT2D eigenvalue weighted by Crippen LogP contribution is 2.21. The van der Waals surface area contributed by atoms with Crippen molar-refractivity contribution < 1.29 is 9.18 Å². The molecule has 1 aromatic carbocycles. The Bertz CT molecular complexity index is 679. The third kappa shape index (κ3) is 3.18. The number of aromatic amines is 1. The minimum atomic E-state index is -0.337. The van der Waals surface area contributed by atoms with Crippen molar-refractivity contribution in [3.05, 3.63) is 69.9 Å². The average molecular weight is 288 g/mol. The number of hydrogen-bond donors (Lipinski definition) is 1. The minimum Gasteiger partial charge on any atom is -0.367 e. The highest BCUT2D eigenvalue weighted by Gasteiger charge is 2.23. The quantitative estimate of drug-likeness (QED) is 0.940. The molecule has 2 aromatic rings. The Morgan fingerprint density at radius 3 is 2.52 bits per heavy atom. The van der Waals surface area contributed by atoms with Gasteiger partial charge in [0.05, 0.1) is 6.04 Å². The first-order chi connectivity index (χ1) is 10.0. The molecule has 1 unspecified atom stereocenters. The summed E-state index contributed by atoms with van der Waals surface area (Å²) in [7, 11) is 0. The number of rotatable bonds is 4. The number of hydrogen-bond acceptors (Lipinski definition) is 2. The molecule has 0 bridgehead atoms. The molecule has 0 fully saturated rings. The summed E-state index contributed by atoms with van der Waals surface area (Å²) in [4.78, 5) is 28.6. The lowest BCUT2D eigenvalue weighted by Crippen LogP contribution is -2.36. The number of benzene rings is 1. The molecule has 2 rings (SSSR count). The summed E-state index contributed by atoms with van der Waals surface area (Å²) in [6.07, 6.45) is 2.89. The zero-order chi connectivity index (χ0) is 15.4. The van der Waals surface area contributed by atoms with Crippen LogP contribution in [0.1, 0.15) is 35.8 Å². The largest absolute Gasteiger partial charge is 0.367 e. The molecule has 1 N–H and O–H groups in total. The molecule has 0 radical (unpaired) electrons. The predicted molar refractivity (Wildman–Crippen MR) is 78.6 cm³/mol. The number of carbonyl (C=O) groups is 1. The summed E-state index contributed by atoms with van der Waals surface area (Å²) in [6, 6.07) is 7.08. The van der Waals surface area contributed by atoms with Gasteiger partial charge >= 0.3 is 0 Å². The van der Waals surface area contributed by atoms with E-state index < -0.39 is 0 Å². The molecule has 1 amide bonds. The van der Waals surface area contributed by atoms with Crippen LogP contribution in [-0.2, 0) is 0 Å². The number of pyridine rings is 1. The molecule has 110 valence electrons. The predicted octanol–water partition coefficient (Wildman–Crippen LogP) is 2.74. The van der Waals surface area contributed by atoms with Crippen LogP contribution in [0.3, 0.4) is 0 Å². The highest BCUT2D eigenvalue weighted by atomic mass is 19.1. The van der Waals surface area contributed by atoms with Gasteiger partial charge in [-0.3, -0.25) is 9.59 Å². The smallest absolute Gasteiger partial charge is 0.259 e. The van der Waals surface area contributed by atoms with Crippen molar-refractivity contribution in [1.29, 1.82) is 0 Å². The second-order valence-electron chi connectivity index (χ2n) is 4.74. The first kappa shape index (κ1) is 15.0. The average Bonchev–Trinajstić information content (AvgIpc) is 2.49. The Labute approximate surface area is 122 Å². The van der Waals surface area contributed by atoms with Crippen LogP contribution >= 0.6 is 0 Å². The summed E-state index contributed by atoms with van der Waals surface area (Å²) in [6.45, 7) is 4.15. The van der Waals surface area contributed by atoms with E-state index in [0.717, 1.165) is 5.56 Å². The second-order valence-corrected chi connectivity index (χ2v) is 4.74. The summed E-state index contributed by atoms with van der Waals surface area (Å²) in [5, 5.41) is 0. The topological polar surface area (TPSA) is 53.2 Å². The molecular weight excluding hydrogens is 271 g/mol. The molecule has 0 aliphatic carbocycles. The van der Waals surface area contributed by atoms with E-state index in [1.54, 1.807) is 17.0 Å². The SMILES string of the molecule is CCN(C(=O)c1c[nH]ccc1=O)C(C)c1ccc(F)cc1. The Morgan fingerprint density at radius 2 is 1.95 bits per heavy atom. The van der Waals surface area contributed by atoms with Crippen LogP contribution in [0.2, 0.25) is 0 Å². The van der Waals surface area contributed by atoms with Gasteiger partial charge in [0.25, 0.3) is 5.91 Å². The molecule has 0 saturated heterocycles. The van der Waals surface area contributed by atoms with Crippen LogP contribution < -0.4 is 5.43 Å². The molecule has 1 aromatic heterocycles. The van der Waals surface area contributed by atoms with Gasteiger partial charge in [0.2, 0.25) is 0 Å². The van der Waals surface area contributed by atoms with Crippen molar-refractivity contribution in [3.63, 3.8) is 0 Å². The Hall–Kier alpha value is -2.43. The van der Waals surface area contributed by atoms with E-state index in [2.05, 4.69) is 4.98 Å². The summed E-state index contributed by atoms with van der Waals surface area (Å²) in [5.41, 5.74) is 0.607. The van der Waals surface area contributed by atoms with E-state index in [-0.39, 0.29) is 28.8 Å². The van der Waals surface area contributed by atoms with Crippen molar-refractivity contribution in [2.75, 3.05) is 6.54 Å². The third-order valence-electron chi connectivity index (χ3n) is 3.48. The number of aromatic nitrogens is 1. The van der Waals surface area contributed by atoms with E-state index >= 15 is 0 Å². The van der Waals surface area contributed by atoms with Crippen LogP contribution in [0, 0.1) is 5.82 Å². The van der Waals surface area contributed by atoms with Crippen LogP contribution in [0.4, 0.5) is 4.39 Å². The van der Waals surface area contributed by atoms with Crippen LogP contribution in [-0.4, -0.2) is 22.3 Å². The molecule has 0 saturated carbocycles. The van der Waals surface area contributed by atoms with E-state index in [9.17, 15) is 14.0 Å². The van der Waals surface area contributed by atoms with Gasteiger partial charge in [-0.05, 0) is 31.5 Å². The summed E-state index contributed by atoms with van der Waals surface area (Å²) < 4.78 is 13.0. The lowest BCUT2D eigenvalue weighted by atomic mass is 10.1. The van der Waals surface area contributed by atoms with Gasteiger partial charge in [-0.15, -0.1) is 0 Å². The van der Waals surface area contributed by atoms with Crippen molar-refractivity contribution in [3.8, 4) is 0 Å². The standard InChI is InChI=1S/C16H17FN2O2/c1-3-19(11(2)12-4-6-13(17)7-5-12)16(21)14-10-18-9-8-15(14)20/h4-11H,3H2,1-2H3,(H,18,20). The van der Waals surface area contributed by atoms with Gasteiger partial charge in [-0.25, -0.2) is 4.39 Å². The summed E-state index contributed by atoms with van der Waals surface area (Å²) in [5.74, 6) is -0.656. The van der Waals surface area contributed by atoms with Gasteiger partial charge in [0, 0.05) is 25.0 Å². The van der Waals surface area contributed by atoms with Crippen molar-refractivity contribution in [2.45, 2.75) is 19.9 Å². The zero-order valence-corrected chi connectivity index (χ0v) is 12.0. The number of amides is 1. The monoisotopic (exact) mass is 288 g/mol. The molecule has 21 heavy (non-hydrogen) atoms. The normalized spacial score (nSPS) is 12.0.